The van der Waals surface area contributed by atoms with Crippen molar-refractivity contribution in [2.24, 2.45) is 0 Å². The van der Waals surface area contributed by atoms with Crippen LogP contribution in [0.5, 0.6) is 0 Å². The molecule has 0 bridgehead atoms. The standard InChI is InChI=1S/C12H15F3O/c1-2-3-4-9(16)5-8-6-11(14)12(15)7-10(8)13/h3-4,7,9,11,16H,2,5-6H2,1H3/b4-3+/t9-,11?/m1/s1. The van der Waals surface area contributed by atoms with Crippen molar-refractivity contribution >= 4 is 0 Å². The average Bonchev–Trinajstić information content (AvgIpc) is 2.23. The third-order valence-corrected chi connectivity index (χ3v) is 2.38. The van der Waals surface area contributed by atoms with Gasteiger partial charge >= 0.3 is 0 Å². The number of halogens is 3. The molecular formula is C12H15F3O. The molecule has 1 nitrogen and oxygen atoms in total. The maximum Gasteiger partial charge on any atom is 0.155 e. The summed E-state index contributed by atoms with van der Waals surface area (Å²) in [6.45, 7) is 1.90. The summed E-state index contributed by atoms with van der Waals surface area (Å²) >= 11 is 0. The number of aliphatic hydroxyl groups excluding tert-OH is 1. The lowest BCUT2D eigenvalue weighted by Gasteiger charge is -2.17. The Balaban J connectivity index is 2.67. The fraction of sp³-hybridized carbons (Fsp3) is 0.500. The minimum Gasteiger partial charge on any atom is -0.389 e. The number of rotatable bonds is 4. The van der Waals surface area contributed by atoms with Gasteiger partial charge in [-0.3, -0.25) is 0 Å². The van der Waals surface area contributed by atoms with E-state index in [1.165, 1.54) is 6.08 Å². The highest BCUT2D eigenvalue weighted by Gasteiger charge is 2.24. The maximum atomic E-state index is 13.2. The fourth-order valence-corrected chi connectivity index (χ4v) is 1.52. The van der Waals surface area contributed by atoms with Gasteiger partial charge in [0, 0.05) is 18.9 Å². The summed E-state index contributed by atoms with van der Waals surface area (Å²) in [5, 5.41) is 9.48. The van der Waals surface area contributed by atoms with Gasteiger partial charge in [0.2, 0.25) is 0 Å². The molecule has 0 aromatic rings. The Labute approximate surface area is 93.0 Å². The summed E-state index contributed by atoms with van der Waals surface area (Å²) in [5.41, 5.74) is 0.127. The molecule has 0 aromatic carbocycles. The molecule has 0 saturated heterocycles. The second kappa shape index (κ2) is 5.89. The summed E-state index contributed by atoms with van der Waals surface area (Å²) in [6.07, 6.45) is 1.66. The summed E-state index contributed by atoms with van der Waals surface area (Å²) in [4.78, 5) is 0. The predicted molar refractivity (Wildman–Crippen MR) is 56.9 cm³/mol. The van der Waals surface area contributed by atoms with E-state index in [-0.39, 0.29) is 18.4 Å². The first-order valence-electron chi connectivity index (χ1n) is 5.28. The maximum absolute atomic E-state index is 13.2. The average molecular weight is 232 g/mol. The predicted octanol–water partition coefficient (Wildman–Crippen LogP) is 3.52. The molecule has 0 amide bonds. The third kappa shape index (κ3) is 3.52. The van der Waals surface area contributed by atoms with Gasteiger partial charge in [-0.15, -0.1) is 0 Å². The van der Waals surface area contributed by atoms with E-state index in [0.717, 1.165) is 6.42 Å². The van der Waals surface area contributed by atoms with Crippen molar-refractivity contribution in [1.82, 2.24) is 0 Å². The molecule has 1 aliphatic carbocycles. The van der Waals surface area contributed by atoms with E-state index in [2.05, 4.69) is 0 Å². The van der Waals surface area contributed by atoms with Crippen LogP contribution in [0.1, 0.15) is 26.2 Å². The van der Waals surface area contributed by atoms with Crippen LogP contribution < -0.4 is 0 Å². The zero-order valence-electron chi connectivity index (χ0n) is 9.09. The minimum atomic E-state index is -1.78. The van der Waals surface area contributed by atoms with Crippen LogP contribution in [0.3, 0.4) is 0 Å². The molecule has 0 aromatic heterocycles. The van der Waals surface area contributed by atoms with Crippen LogP contribution in [0.2, 0.25) is 0 Å². The molecule has 16 heavy (non-hydrogen) atoms. The Kier molecular flexibility index (Phi) is 4.80. The van der Waals surface area contributed by atoms with E-state index in [9.17, 15) is 18.3 Å². The first-order chi connectivity index (χ1) is 7.54. The van der Waals surface area contributed by atoms with Crippen LogP contribution >= 0.6 is 0 Å². The second-order valence-electron chi connectivity index (χ2n) is 3.76. The Morgan fingerprint density at radius 1 is 1.56 bits per heavy atom. The van der Waals surface area contributed by atoms with Crippen LogP contribution in [0.15, 0.2) is 35.5 Å². The smallest absolute Gasteiger partial charge is 0.155 e. The highest BCUT2D eigenvalue weighted by molar-refractivity contribution is 5.30. The van der Waals surface area contributed by atoms with Crippen LogP contribution in [-0.2, 0) is 0 Å². The topological polar surface area (TPSA) is 20.2 Å². The lowest BCUT2D eigenvalue weighted by atomic mass is 9.96. The quantitative estimate of drug-likeness (QED) is 0.735. The van der Waals surface area contributed by atoms with Gasteiger partial charge in [0.05, 0.1) is 6.10 Å². The number of alkyl halides is 1. The van der Waals surface area contributed by atoms with Crippen molar-refractivity contribution in [3.8, 4) is 0 Å². The highest BCUT2D eigenvalue weighted by Crippen LogP contribution is 2.30. The third-order valence-electron chi connectivity index (χ3n) is 2.38. The normalized spacial score (nSPS) is 23.8. The molecule has 0 radical (unpaired) electrons. The van der Waals surface area contributed by atoms with Gasteiger partial charge in [-0.1, -0.05) is 19.1 Å². The Hall–Kier alpha value is -1.03. The van der Waals surface area contributed by atoms with Gasteiger partial charge in [0.25, 0.3) is 0 Å². The fourth-order valence-electron chi connectivity index (χ4n) is 1.52. The van der Waals surface area contributed by atoms with Crippen molar-refractivity contribution in [3.05, 3.63) is 35.5 Å². The summed E-state index contributed by atoms with van der Waals surface area (Å²) < 4.78 is 38.9. The Bertz CT molecular complexity index is 331. The van der Waals surface area contributed by atoms with Crippen molar-refractivity contribution in [1.29, 1.82) is 0 Å². The van der Waals surface area contributed by atoms with Crippen LogP contribution in [0.4, 0.5) is 13.2 Å². The number of aliphatic hydroxyl groups is 1. The molecule has 1 rings (SSSR count). The molecule has 0 heterocycles. The van der Waals surface area contributed by atoms with E-state index < -0.39 is 23.9 Å². The molecule has 0 aliphatic heterocycles. The monoisotopic (exact) mass is 232 g/mol. The SMILES string of the molecule is CC/C=C/[C@@H](O)CC1=C(F)C=C(F)C(F)C1. The van der Waals surface area contributed by atoms with Crippen molar-refractivity contribution in [3.63, 3.8) is 0 Å². The molecule has 0 spiro atoms. The zero-order valence-corrected chi connectivity index (χ0v) is 9.09. The highest BCUT2D eigenvalue weighted by atomic mass is 19.2. The van der Waals surface area contributed by atoms with Gasteiger partial charge < -0.3 is 5.11 Å². The first kappa shape index (κ1) is 13.0. The van der Waals surface area contributed by atoms with Gasteiger partial charge in [-0.05, 0) is 12.0 Å². The van der Waals surface area contributed by atoms with Gasteiger partial charge in [-0.2, -0.15) is 0 Å². The van der Waals surface area contributed by atoms with Crippen molar-refractivity contribution < 1.29 is 18.3 Å². The molecule has 90 valence electrons. The van der Waals surface area contributed by atoms with E-state index in [4.69, 9.17) is 0 Å². The molecule has 0 saturated carbocycles. The zero-order chi connectivity index (χ0) is 12.1. The van der Waals surface area contributed by atoms with E-state index in [1.54, 1.807) is 6.08 Å². The second-order valence-corrected chi connectivity index (χ2v) is 3.76. The van der Waals surface area contributed by atoms with Gasteiger partial charge in [-0.25, -0.2) is 13.2 Å². The molecule has 1 N–H and O–H groups in total. The van der Waals surface area contributed by atoms with Crippen LogP contribution in [0.25, 0.3) is 0 Å². The van der Waals surface area contributed by atoms with Gasteiger partial charge in [0.1, 0.15) is 11.7 Å². The Morgan fingerprint density at radius 2 is 2.25 bits per heavy atom. The summed E-state index contributed by atoms with van der Waals surface area (Å²) in [6, 6.07) is 0. The van der Waals surface area contributed by atoms with Crippen LogP contribution in [-0.4, -0.2) is 17.4 Å². The Morgan fingerprint density at radius 3 is 2.88 bits per heavy atom. The molecule has 2 atom stereocenters. The lowest BCUT2D eigenvalue weighted by molar-refractivity contribution is 0.216. The van der Waals surface area contributed by atoms with Crippen molar-refractivity contribution in [2.75, 3.05) is 0 Å². The number of hydrogen-bond donors (Lipinski definition) is 1. The first-order valence-corrected chi connectivity index (χ1v) is 5.28. The van der Waals surface area contributed by atoms with Crippen molar-refractivity contribution in [2.45, 2.75) is 38.5 Å². The largest absolute Gasteiger partial charge is 0.389 e. The van der Waals surface area contributed by atoms with Crippen LogP contribution in [0, 0.1) is 0 Å². The summed E-state index contributed by atoms with van der Waals surface area (Å²) in [5.74, 6) is -1.85. The molecule has 1 aliphatic rings. The molecular weight excluding hydrogens is 217 g/mol. The molecule has 0 fully saturated rings. The number of hydrogen-bond acceptors (Lipinski definition) is 1. The lowest BCUT2D eigenvalue weighted by Crippen LogP contribution is -2.13. The minimum absolute atomic E-state index is 0.00648. The number of allylic oxidation sites excluding steroid dienone is 4. The summed E-state index contributed by atoms with van der Waals surface area (Å²) in [7, 11) is 0. The van der Waals surface area contributed by atoms with Gasteiger partial charge in [0.15, 0.2) is 6.17 Å². The van der Waals surface area contributed by atoms with E-state index in [0.29, 0.717) is 6.08 Å². The van der Waals surface area contributed by atoms with E-state index >= 15 is 0 Å². The van der Waals surface area contributed by atoms with E-state index in [1.807, 2.05) is 6.92 Å². The molecule has 1 unspecified atom stereocenters. The molecule has 4 heteroatoms.